The number of rotatable bonds is 2. The van der Waals surface area contributed by atoms with Crippen molar-refractivity contribution in [3.8, 4) is 0 Å². The standard InChI is InChI=1S/B6HP/c1-5-7(4)6(2)3/h7H. The summed E-state index contributed by atoms with van der Waals surface area (Å²) in [6.07, 6.45) is -0.435. The molecule has 0 spiro atoms. The minimum Gasteiger partial charge on any atom is -0.616 e. The van der Waals surface area contributed by atoms with Gasteiger partial charge >= 0.3 is 7.57 Å². The molecule has 0 N–H and O–H groups in total. The Balaban J connectivity index is 3.14. The molecule has 0 aromatic heterocycles. The zero-order chi connectivity index (χ0) is 5.86. The van der Waals surface area contributed by atoms with Gasteiger partial charge in [0.15, 0.2) is 6.21 Å². The van der Waals surface area contributed by atoms with Gasteiger partial charge in [-0.25, -0.2) is 7.56 Å². The van der Waals surface area contributed by atoms with Crippen LogP contribution in [0, 0.1) is 0 Å². The van der Waals surface area contributed by atoms with E-state index in [1.54, 1.807) is 0 Å². The zero-order valence-corrected chi connectivity index (χ0v) is 4.96. The van der Waals surface area contributed by atoms with E-state index in [0.717, 1.165) is 0 Å². The van der Waals surface area contributed by atoms with Crippen LogP contribution in [0.2, 0.25) is 0 Å². The van der Waals surface area contributed by atoms with Crippen molar-refractivity contribution in [3.63, 3.8) is 0 Å². The summed E-state index contributed by atoms with van der Waals surface area (Å²) in [6, 6.07) is 0. The first-order valence-electron chi connectivity index (χ1n) is 1.87. The highest BCUT2D eigenvalue weighted by atomic mass is 31.1. The van der Waals surface area contributed by atoms with Crippen molar-refractivity contribution >= 4 is 51.4 Å². The molecule has 7 heavy (non-hydrogen) atoms. The smallest absolute Gasteiger partial charge is 0.317 e. The normalized spacial score (nSPS) is 12.7. The van der Waals surface area contributed by atoms with Gasteiger partial charge in [-0.1, -0.05) is 0 Å². The second-order valence-corrected chi connectivity index (χ2v) is 3.19. The second kappa shape index (κ2) is 3.78. The molecule has 0 saturated carbocycles. The van der Waals surface area contributed by atoms with E-state index in [9.17, 15) is 0 Å². The van der Waals surface area contributed by atoms with E-state index in [1.807, 2.05) is 0 Å². The molecule has 0 aliphatic heterocycles. The third kappa shape index (κ3) is 3.41. The molecule has 0 aromatic carbocycles. The van der Waals surface area contributed by atoms with Crippen LogP contribution in [0.15, 0.2) is 0 Å². The van der Waals surface area contributed by atoms with E-state index in [1.165, 1.54) is 6.89 Å². The highest BCUT2D eigenvalue weighted by Gasteiger charge is 2.07. The van der Waals surface area contributed by atoms with Gasteiger partial charge in [-0.3, -0.25) is 0 Å². The lowest BCUT2D eigenvalue weighted by atomic mass is 9.37. The van der Waals surface area contributed by atoms with Crippen LogP contribution in [0.4, 0.5) is 0 Å². The Hall–Kier alpha value is 0.820. The zero-order valence-electron chi connectivity index (χ0n) is 3.96. The Morgan fingerprint density at radius 2 is 2.00 bits per heavy atom. The molecule has 0 aliphatic carbocycles. The van der Waals surface area contributed by atoms with Crippen LogP contribution >= 0.6 is 7.56 Å². The van der Waals surface area contributed by atoms with E-state index in [-0.39, 0.29) is 0 Å². The molecule has 0 fully saturated rings. The van der Waals surface area contributed by atoms with Crippen LogP contribution in [0.25, 0.3) is 0 Å². The minimum atomic E-state index is -1.24. The summed E-state index contributed by atoms with van der Waals surface area (Å²) in [5.41, 5.74) is 0. The van der Waals surface area contributed by atoms with Crippen LogP contribution < -0.4 is 0 Å². The molecule has 0 aromatic rings. The first kappa shape index (κ1) is 7.82. The molecule has 0 amide bonds. The molecule has 10 radical (unpaired) electrons. The molecule has 0 aliphatic rings. The summed E-state index contributed by atoms with van der Waals surface area (Å²) in [6.45, 7) is 1.37. The highest BCUT2D eigenvalue weighted by molar-refractivity contribution is 8.33. The summed E-state index contributed by atoms with van der Waals surface area (Å²) in [7, 11) is 19.3. The van der Waals surface area contributed by atoms with Gasteiger partial charge in [-0.15, -0.1) is 0 Å². The molecule has 0 heterocycles. The van der Waals surface area contributed by atoms with Gasteiger partial charge in [0.1, 0.15) is 0 Å². The van der Waals surface area contributed by atoms with Crippen molar-refractivity contribution < 1.29 is 0 Å². The summed E-state index contributed by atoms with van der Waals surface area (Å²) in [5.74, 6) is 0. The largest absolute Gasteiger partial charge is 0.616 e. The lowest BCUT2D eigenvalue weighted by molar-refractivity contribution is 3.98. The van der Waals surface area contributed by atoms with Gasteiger partial charge < -0.3 is 7.74 Å². The molecule has 7 heteroatoms. The van der Waals surface area contributed by atoms with Crippen molar-refractivity contribution in [1.29, 1.82) is 0 Å². The second-order valence-electron chi connectivity index (χ2n) is 1.19. The SMILES string of the molecule is [B]B([B])[PH+]([B])[B][B-]. The van der Waals surface area contributed by atoms with Gasteiger partial charge in [-0.05, 0) is 6.89 Å². The van der Waals surface area contributed by atoms with Gasteiger partial charge in [0.2, 0.25) is 0 Å². The Bertz CT molecular complexity index is 41.4. The maximum Gasteiger partial charge on any atom is 0.317 e. The monoisotopic (exact) mass is 98.0 g/mol. The fourth-order valence-electron chi connectivity index (χ4n) is 0.111. The van der Waals surface area contributed by atoms with Crippen LogP contribution in [0.1, 0.15) is 0 Å². The molecule has 0 bridgehead atoms. The van der Waals surface area contributed by atoms with Crippen molar-refractivity contribution in [3.05, 3.63) is 0 Å². The van der Waals surface area contributed by atoms with Crippen LogP contribution in [-0.4, -0.2) is 43.9 Å². The molecular weight excluding hydrogens is 95.8 g/mol. The molecule has 0 rings (SSSR count). The van der Waals surface area contributed by atoms with Crippen LogP contribution in [-0.2, 0) is 0 Å². The lowest BCUT2D eigenvalue weighted by Gasteiger charge is -2.09. The number of hydrogen-bond acceptors (Lipinski definition) is 0. The Kier molecular flexibility index (Phi) is 4.22. The van der Waals surface area contributed by atoms with Crippen molar-refractivity contribution in [1.82, 2.24) is 0 Å². The van der Waals surface area contributed by atoms with Gasteiger partial charge in [0.05, 0.1) is 15.5 Å². The van der Waals surface area contributed by atoms with Gasteiger partial charge in [-0.2, -0.15) is 0 Å². The molecular formula is HB6P. The predicted octanol–water partition coefficient (Wildman–Crippen LogP) is -1.69. The van der Waals surface area contributed by atoms with E-state index >= 15 is 0 Å². The predicted molar refractivity (Wildman–Crippen MR) is 42.8 cm³/mol. The van der Waals surface area contributed by atoms with Crippen molar-refractivity contribution in [2.24, 2.45) is 0 Å². The van der Waals surface area contributed by atoms with Crippen molar-refractivity contribution in [2.45, 2.75) is 0 Å². The summed E-state index contributed by atoms with van der Waals surface area (Å²) in [4.78, 5) is 0. The first-order valence-corrected chi connectivity index (χ1v) is 3.60. The molecule has 24 valence electrons. The maximum absolute atomic E-state index is 5.29. The maximum atomic E-state index is 5.29. The Morgan fingerprint density at radius 3 is 2.00 bits per heavy atom. The van der Waals surface area contributed by atoms with E-state index in [4.69, 9.17) is 30.8 Å². The third-order valence-corrected chi connectivity index (χ3v) is 1.73. The number of hydrogen-bond donors (Lipinski definition) is 0. The summed E-state index contributed by atoms with van der Waals surface area (Å²) in [5, 5.41) is 0. The Labute approximate surface area is 52.1 Å². The van der Waals surface area contributed by atoms with Gasteiger partial charge in [0.25, 0.3) is 0 Å². The average molecular weight is 96.9 g/mol. The lowest BCUT2D eigenvalue weighted by Crippen LogP contribution is -2.14. The molecule has 1 unspecified atom stereocenters. The molecule has 0 nitrogen and oxygen atoms in total. The molecule has 1 atom stereocenters. The van der Waals surface area contributed by atoms with E-state index in [0.29, 0.717) is 0 Å². The third-order valence-electron chi connectivity index (χ3n) is 0.577. The Morgan fingerprint density at radius 1 is 1.57 bits per heavy atom. The fraction of sp³-hybridized carbons (Fsp3) is 0. The first-order chi connectivity index (χ1) is 3.18. The van der Waals surface area contributed by atoms with E-state index < -0.39 is 13.8 Å². The quantitative estimate of drug-likeness (QED) is 0.285. The van der Waals surface area contributed by atoms with Crippen LogP contribution in [0.3, 0.4) is 0 Å². The highest BCUT2D eigenvalue weighted by Crippen LogP contribution is 2.24. The minimum absolute atomic E-state index is 0.435. The fourth-order valence-corrected chi connectivity index (χ4v) is 0.333. The summed E-state index contributed by atoms with van der Waals surface area (Å²) < 4.78 is 0. The van der Waals surface area contributed by atoms with Crippen LogP contribution in [0.5, 0.6) is 0 Å². The van der Waals surface area contributed by atoms with Crippen molar-refractivity contribution in [2.75, 3.05) is 0 Å². The summed E-state index contributed by atoms with van der Waals surface area (Å²) >= 11 is 0. The topological polar surface area (TPSA) is 0 Å². The van der Waals surface area contributed by atoms with E-state index in [2.05, 4.69) is 0 Å². The average Bonchev–Trinajstić information content (AvgIpc) is 1.65. The molecule has 0 saturated heterocycles. The van der Waals surface area contributed by atoms with Gasteiger partial charge in [0, 0.05) is 0 Å².